The lowest BCUT2D eigenvalue weighted by atomic mass is 10.1. The molecule has 3 aromatic rings. The van der Waals surface area contributed by atoms with Crippen molar-refractivity contribution in [3.8, 4) is 0 Å². The van der Waals surface area contributed by atoms with Gasteiger partial charge in [0.25, 0.3) is 0 Å². The van der Waals surface area contributed by atoms with E-state index in [9.17, 15) is 8.42 Å². The molecule has 21 heavy (non-hydrogen) atoms. The molecule has 0 aliphatic heterocycles. The standard InChI is InChI=1S/C14H14N4O2S/c1-18-10-15-14(17-18)9-16-21(19,20)13-8-4-6-11-5-2-3-7-12(11)13/h2-8,10,16H,9H2,1H3. The smallest absolute Gasteiger partial charge is 0.241 e. The molecule has 6 nitrogen and oxygen atoms in total. The van der Waals surface area contributed by atoms with Crippen molar-refractivity contribution in [1.29, 1.82) is 0 Å². The SMILES string of the molecule is Cn1cnc(CNS(=O)(=O)c2cccc3ccccc23)n1. The van der Waals surface area contributed by atoms with E-state index < -0.39 is 10.0 Å². The van der Waals surface area contributed by atoms with Crippen LogP contribution >= 0.6 is 0 Å². The minimum absolute atomic E-state index is 0.0619. The molecule has 0 radical (unpaired) electrons. The maximum Gasteiger partial charge on any atom is 0.241 e. The summed E-state index contributed by atoms with van der Waals surface area (Å²) in [5.41, 5.74) is 0. The molecule has 0 unspecified atom stereocenters. The van der Waals surface area contributed by atoms with Gasteiger partial charge in [0, 0.05) is 12.4 Å². The van der Waals surface area contributed by atoms with Gasteiger partial charge in [-0.2, -0.15) is 5.10 Å². The van der Waals surface area contributed by atoms with E-state index in [0.29, 0.717) is 11.2 Å². The molecule has 7 heteroatoms. The first kappa shape index (κ1) is 13.7. The van der Waals surface area contributed by atoms with E-state index in [2.05, 4.69) is 14.8 Å². The van der Waals surface area contributed by atoms with E-state index in [1.807, 2.05) is 24.3 Å². The van der Waals surface area contributed by atoms with Crippen LogP contribution in [0.4, 0.5) is 0 Å². The number of hydrogen-bond donors (Lipinski definition) is 1. The van der Waals surface area contributed by atoms with Gasteiger partial charge in [0.1, 0.15) is 6.33 Å². The van der Waals surface area contributed by atoms with Crippen LogP contribution in [0.15, 0.2) is 53.7 Å². The molecule has 3 rings (SSSR count). The zero-order valence-corrected chi connectivity index (χ0v) is 12.2. The molecule has 0 atom stereocenters. The molecule has 0 spiro atoms. The molecule has 0 aliphatic rings. The van der Waals surface area contributed by atoms with Crippen molar-refractivity contribution in [3.05, 3.63) is 54.6 Å². The molecule has 2 aromatic carbocycles. The lowest BCUT2D eigenvalue weighted by Gasteiger charge is -2.08. The minimum Gasteiger partial charge on any atom is -0.256 e. The van der Waals surface area contributed by atoms with Gasteiger partial charge in [-0.1, -0.05) is 36.4 Å². The number of sulfonamides is 1. The number of benzene rings is 2. The molecule has 0 saturated heterocycles. The maximum absolute atomic E-state index is 12.5. The number of nitrogens with one attached hydrogen (secondary N) is 1. The second-order valence-electron chi connectivity index (χ2n) is 4.64. The van der Waals surface area contributed by atoms with E-state index in [-0.39, 0.29) is 11.4 Å². The Morgan fingerprint density at radius 1 is 1.14 bits per heavy atom. The summed E-state index contributed by atoms with van der Waals surface area (Å²) in [7, 11) is -1.88. The van der Waals surface area contributed by atoms with Crippen LogP contribution in [0.1, 0.15) is 5.82 Å². The third kappa shape index (κ3) is 2.79. The van der Waals surface area contributed by atoms with Crippen LogP contribution in [-0.2, 0) is 23.6 Å². The van der Waals surface area contributed by atoms with E-state index in [0.717, 1.165) is 5.39 Å². The molecule has 1 N–H and O–H groups in total. The zero-order chi connectivity index (χ0) is 14.9. The van der Waals surface area contributed by atoms with Crippen LogP contribution < -0.4 is 4.72 Å². The number of fused-ring (bicyclic) bond motifs is 1. The highest BCUT2D eigenvalue weighted by molar-refractivity contribution is 7.89. The Labute approximate surface area is 122 Å². The maximum atomic E-state index is 12.5. The quantitative estimate of drug-likeness (QED) is 0.791. The number of aromatic nitrogens is 3. The predicted octanol–water partition coefficient (Wildman–Crippen LogP) is 1.45. The molecular weight excluding hydrogens is 288 g/mol. The Morgan fingerprint density at radius 3 is 2.67 bits per heavy atom. The van der Waals surface area contributed by atoms with Crippen molar-refractivity contribution in [2.75, 3.05) is 0 Å². The first-order valence-corrected chi connectivity index (χ1v) is 7.86. The van der Waals surface area contributed by atoms with Crippen LogP contribution in [0, 0.1) is 0 Å². The van der Waals surface area contributed by atoms with E-state index in [1.54, 1.807) is 25.2 Å². The normalized spacial score (nSPS) is 11.9. The highest BCUT2D eigenvalue weighted by Crippen LogP contribution is 2.22. The van der Waals surface area contributed by atoms with Crippen LogP contribution in [-0.4, -0.2) is 23.2 Å². The van der Waals surface area contributed by atoms with E-state index in [4.69, 9.17) is 0 Å². The molecule has 1 heterocycles. The topological polar surface area (TPSA) is 76.9 Å². The second-order valence-corrected chi connectivity index (χ2v) is 6.37. The molecule has 0 amide bonds. The molecule has 0 fully saturated rings. The van der Waals surface area contributed by atoms with Gasteiger partial charge in [0.15, 0.2) is 5.82 Å². The summed E-state index contributed by atoms with van der Waals surface area (Å²) in [6.45, 7) is 0.0619. The van der Waals surface area contributed by atoms with Crippen molar-refractivity contribution >= 4 is 20.8 Å². The fourth-order valence-corrected chi connectivity index (χ4v) is 3.34. The summed E-state index contributed by atoms with van der Waals surface area (Å²) in [6.07, 6.45) is 1.53. The lowest BCUT2D eigenvalue weighted by Crippen LogP contribution is -2.24. The summed E-state index contributed by atoms with van der Waals surface area (Å²) in [5, 5.41) is 5.63. The number of nitrogens with zero attached hydrogens (tertiary/aromatic N) is 3. The molecule has 0 bridgehead atoms. The van der Waals surface area contributed by atoms with Crippen molar-refractivity contribution in [2.45, 2.75) is 11.4 Å². The van der Waals surface area contributed by atoms with Crippen molar-refractivity contribution in [2.24, 2.45) is 7.05 Å². The fraction of sp³-hybridized carbons (Fsp3) is 0.143. The van der Waals surface area contributed by atoms with Crippen LogP contribution in [0.3, 0.4) is 0 Å². The molecule has 108 valence electrons. The Morgan fingerprint density at radius 2 is 1.90 bits per heavy atom. The van der Waals surface area contributed by atoms with E-state index >= 15 is 0 Å². The first-order chi connectivity index (χ1) is 10.1. The summed E-state index contributed by atoms with van der Waals surface area (Å²) < 4.78 is 29.0. The van der Waals surface area contributed by atoms with Crippen LogP contribution in [0.25, 0.3) is 10.8 Å². The van der Waals surface area contributed by atoms with Gasteiger partial charge >= 0.3 is 0 Å². The Bertz CT molecular complexity index is 881. The number of hydrogen-bond acceptors (Lipinski definition) is 4. The lowest BCUT2D eigenvalue weighted by molar-refractivity contribution is 0.579. The van der Waals surface area contributed by atoms with Gasteiger partial charge in [0.05, 0.1) is 11.4 Å². The highest BCUT2D eigenvalue weighted by Gasteiger charge is 2.17. The summed E-state index contributed by atoms with van der Waals surface area (Å²) in [6, 6.07) is 12.6. The Hall–Kier alpha value is -2.25. The van der Waals surface area contributed by atoms with Gasteiger partial charge in [-0.3, -0.25) is 4.68 Å². The summed E-state index contributed by atoms with van der Waals surface area (Å²) in [4.78, 5) is 4.26. The predicted molar refractivity (Wildman–Crippen MR) is 79.0 cm³/mol. The molecule has 0 saturated carbocycles. The first-order valence-electron chi connectivity index (χ1n) is 6.38. The number of aryl methyl sites for hydroxylation is 1. The average Bonchev–Trinajstić information content (AvgIpc) is 2.90. The Kier molecular flexibility index (Phi) is 3.44. The highest BCUT2D eigenvalue weighted by atomic mass is 32.2. The minimum atomic E-state index is -3.62. The monoisotopic (exact) mass is 302 g/mol. The van der Waals surface area contributed by atoms with Crippen molar-refractivity contribution in [1.82, 2.24) is 19.5 Å². The molecule has 0 aliphatic carbocycles. The zero-order valence-electron chi connectivity index (χ0n) is 11.4. The Balaban J connectivity index is 1.93. The van der Waals surface area contributed by atoms with Gasteiger partial charge in [0.2, 0.25) is 10.0 Å². The third-order valence-corrected chi connectivity index (χ3v) is 4.57. The van der Waals surface area contributed by atoms with Crippen molar-refractivity contribution < 1.29 is 8.42 Å². The average molecular weight is 302 g/mol. The third-order valence-electron chi connectivity index (χ3n) is 3.11. The fourth-order valence-electron chi connectivity index (χ4n) is 2.13. The van der Waals surface area contributed by atoms with E-state index in [1.165, 1.54) is 11.0 Å². The van der Waals surface area contributed by atoms with Gasteiger partial charge in [-0.25, -0.2) is 18.1 Å². The van der Waals surface area contributed by atoms with Crippen LogP contribution in [0.2, 0.25) is 0 Å². The summed E-state index contributed by atoms with van der Waals surface area (Å²) >= 11 is 0. The largest absolute Gasteiger partial charge is 0.256 e. The second kappa shape index (κ2) is 5.27. The molecule has 1 aromatic heterocycles. The van der Waals surface area contributed by atoms with Gasteiger partial charge in [-0.05, 0) is 11.5 Å². The van der Waals surface area contributed by atoms with Gasteiger partial charge < -0.3 is 0 Å². The van der Waals surface area contributed by atoms with Crippen LogP contribution in [0.5, 0.6) is 0 Å². The number of rotatable bonds is 4. The summed E-state index contributed by atoms with van der Waals surface area (Å²) in [5.74, 6) is 0.432. The van der Waals surface area contributed by atoms with Crippen molar-refractivity contribution in [3.63, 3.8) is 0 Å². The molecular formula is C14H14N4O2S. The van der Waals surface area contributed by atoms with Gasteiger partial charge in [-0.15, -0.1) is 0 Å².